The molecule has 0 saturated carbocycles. The van der Waals surface area contributed by atoms with Crippen molar-refractivity contribution < 1.29 is 9.53 Å². The number of fused-ring (bicyclic) bond motifs is 1. The van der Waals surface area contributed by atoms with Gasteiger partial charge in [-0.1, -0.05) is 6.42 Å². The molecule has 2 heterocycles. The predicted molar refractivity (Wildman–Crippen MR) is 129 cm³/mol. The van der Waals surface area contributed by atoms with Crippen LogP contribution >= 0.6 is 23.2 Å². The minimum Gasteiger partial charge on any atom is -0.464 e. The summed E-state index contributed by atoms with van der Waals surface area (Å²) in [5.74, 6) is 1.98. The number of nitrogens with zero attached hydrogens (tertiary/aromatic N) is 4. The van der Waals surface area contributed by atoms with Crippen molar-refractivity contribution in [2.24, 2.45) is 7.05 Å². The molecule has 0 aliphatic carbocycles. The van der Waals surface area contributed by atoms with Gasteiger partial charge in [0.1, 0.15) is 12.4 Å². The summed E-state index contributed by atoms with van der Waals surface area (Å²) >= 11 is 11.9. The van der Waals surface area contributed by atoms with E-state index in [2.05, 4.69) is 26.5 Å². The number of hydrogen-bond acceptors (Lipinski definition) is 5. The van der Waals surface area contributed by atoms with E-state index in [0.717, 1.165) is 68.1 Å². The van der Waals surface area contributed by atoms with Crippen LogP contribution in [0, 0.1) is 0 Å². The maximum atomic E-state index is 12.1. The summed E-state index contributed by atoms with van der Waals surface area (Å²) < 4.78 is 7.54. The van der Waals surface area contributed by atoms with E-state index in [1.807, 2.05) is 13.1 Å². The van der Waals surface area contributed by atoms with E-state index in [1.165, 1.54) is 19.3 Å². The molecule has 1 aromatic heterocycles. The molecule has 1 aliphatic rings. The summed E-state index contributed by atoms with van der Waals surface area (Å²) in [5, 5.41) is 0. The number of carbonyl (C=O) groups excluding carboxylic acids is 1. The van der Waals surface area contributed by atoms with Gasteiger partial charge in [-0.3, -0.25) is 9.69 Å². The zero-order valence-corrected chi connectivity index (χ0v) is 20.0. The van der Waals surface area contributed by atoms with Gasteiger partial charge in [0, 0.05) is 57.0 Å². The number of hydrogen-bond donors (Lipinski definition) is 0. The van der Waals surface area contributed by atoms with Crippen LogP contribution in [0.1, 0.15) is 37.9 Å². The van der Waals surface area contributed by atoms with Crippen molar-refractivity contribution in [3.8, 4) is 0 Å². The third-order valence-corrected chi connectivity index (χ3v) is 6.27. The normalized spacial score (nSPS) is 14.8. The SMILES string of the molecule is Cn1c(CCCC(=O)OCCN2CCCCC2)nc2ccc(N(CCCl)CCCl)cc21. The number of aromatic nitrogens is 2. The maximum absolute atomic E-state index is 12.1. The van der Waals surface area contributed by atoms with Crippen molar-refractivity contribution in [1.82, 2.24) is 14.5 Å². The van der Waals surface area contributed by atoms with Gasteiger partial charge in [0.15, 0.2) is 0 Å². The van der Waals surface area contributed by atoms with Gasteiger partial charge >= 0.3 is 5.97 Å². The minimum absolute atomic E-state index is 0.115. The van der Waals surface area contributed by atoms with Crippen LogP contribution in [0.5, 0.6) is 0 Å². The molecule has 6 nitrogen and oxygen atoms in total. The number of alkyl halides is 2. The van der Waals surface area contributed by atoms with E-state index < -0.39 is 0 Å². The van der Waals surface area contributed by atoms with E-state index >= 15 is 0 Å². The third-order valence-electron chi connectivity index (χ3n) is 5.93. The lowest BCUT2D eigenvalue weighted by Gasteiger charge is -2.25. The molecule has 0 atom stereocenters. The minimum atomic E-state index is -0.115. The first kappa shape index (κ1) is 24.1. The van der Waals surface area contributed by atoms with Gasteiger partial charge in [-0.25, -0.2) is 4.98 Å². The molecule has 0 N–H and O–H groups in total. The molecule has 0 spiro atoms. The number of aryl methyl sites for hydroxylation is 2. The Labute approximate surface area is 195 Å². The quantitative estimate of drug-likeness (QED) is 0.344. The number of carbonyl (C=O) groups is 1. The topological polar surface area (TPSA) is 50.6 Å². The van der Waals surface area contributed by atoms with Crippen molar-refractivity contribution in [2.75, 3.05) is 56.0 Å². The Morgan fingerprint density at radius 3 is 2.61 bits per heavy atom. The fourth-order valence-corrected chi connectivity index (χ4v) is 4.57. The molecular formula is C23H34Cl2N4O2. The van der Waals surface area contributed by atoms with Gasteiger partial charge in [0.2, 0.25) is 0 Å². The molecule has 0 amide bonds. The van der Waals surface area contributed by atoms with Crippen LogP contribution in [0.15, 0.2) is 18.2 Å². The van der Waals surface area contributed by atoms with Crippen molar-refractivity contribution in [3.05, 3.63) is 24.0 Å². The maximum Gasteiger partial charge on any atom is 0.305 e. The average molecular weight is 469 g/mol. The molecule has 1 aliphatic heterocycles. The second-order valence-electron chi connectivity index (χ2n) is 8.10. The van der Waals surface area contributed by atoms with Gasteiger partial charge in [-0.15, -0.1) is 23.2 Å². The summed E-state index contributed by atoms with van der Waals surface area (Å²) in [6.07, 6.45) is 5.73. The zero-order valence-electron chi connectivity index (χ0n) is 18.5. The third kappa shape index (κ3) is 6.99. The molecule has 1 aromatic carbocycles. The predicted octanol–water partition coefficient (Wildman–Crippen LogP) is 4.21. The van der Waals surface area contributed by atoms with Crippen LogP contribution < -0.4 is 4.90 Å². The highest BCUT2D eigenvalue weighted by Gasteiger charge is 2.13. The summed E-state index contributed by atoms with van der Waals surface area (Å²) in [5.41, 5.74) is 3.13. The largest absolute Gasteiger partial charge is 0.464 e. The van der Waals surface area contributed by atoms with Crippen molar-refractivity contribution >= 4 is 45.9 Å². The molecule has 172 valence electrons. The van der Waals surface area contributed by atoms with Crippen LogP contribution in [0.2, 0.25) is 0 Å². The van der Waals surface area contributed by atoms with Gasteiger partial charge in [0.05, 0.1) is 11.0 Å². The van der Waals surface area contributed by atoms with E-state index in [1.54, 1.807) is 0 Å². The molecule has 0 unspecified atom stereocenters. The standard InChI is InChI=1S/C23H34Cl2N4O2/c1-27-21-18-19(29(14-10-24)15-11-25)8-9-20(21)26-22(27)6-5-7-23(30)31-17-16-28-12-3-2-4-13-28/h8-9,18H,2-7,10-17H2,1H3. The Balaban J connectivity index is 1.49. The Kier molecular flexibility index (Phi) is 9.75. The smallest absolute Gasteiger partial charge is 0.305 e. The molecule has 3 rings (SSSR count). The van der Waals surface area contributed by atoms with Crippen LogP contribution in [0.4, 0.5) is 5.69 Å². The number of halogens is 2. The Bertz CT molecular complexity index is 830. The van der Waals surface area contributed by atoms with E-state index in [-0.39, 0.29) is 5.97 Å². The highest BCUT2D eigenvalue weighted by molar-refractivity contribution is 6.18. The van der Waals surface area contributed by atoms with Crippen molar-refractivity contribution in [1.29, 1.82) is 0 Å². The highest BCUT2D eigenvalue weighted by Crippen LogP contribution is 2.23. The Morgan fingerprint density at radius 1 is 1.16 bits per heavy atom. The lowest BCUT2D eigenvalue weighted by molar-refractivity contribution is -0.144. The first-order valence-electron chi connectivity index (χ1n) is 11.3. The van der Waals surface area contributed by atoms with E-state index in [4.69, 9.17) is 32.9 Å². The van der Waals surface area contributed by atoms with Crippen molar-refractivity contribution in [2.45, 2.75) is 38.5 Å². The lowest BCUT2D eigenvalue weighted by atomic mass is 10.1. The summed E-state index contributed by atoms with van der Waals surface area (Å²) in [4.78, 5) is 21.4. The lowest BCUT2D eigenvalue weighted by Crippen LogP contribution is -2.33. The molecule has 1 fully saturated rings. The number of anilines is 1. The summed E-state index contributed by atoms with van der Waals surface area (Å²) in [7, 11) is 2.03. The van der Waals surface area contributed by atoms with Gasteiger partial charge in [-0.05, 0) is 50.6 Å². The number of benzene rings is 1. The number of esters is 1. The monoisotopic (exact) mass is 468 g/mol. The molecule has 2 aromatic rings. The molecule has 0 radical (unpaired) electrons. The number of imidazole rings is 1. The van der Waals surface area contributed by atoms with Crippen LogP contribution in [0.25, 0.3) is 11.0 Å². The first-order valence-corrected chi connectivity index (χ1v) is 12.4. The molecule has 0 bridgehead atoms. The van der Waals surface area contributed by atoms with E-state index in [9.17, 15) is 4.79 Å². The average Bonchev–Trinajstić information content (AvgIpc) is 3.09. The number of rotatable bonds is 12. The molecule has 31 heavy (non-hydrogen) atoms. The number of likely N-dealkylation sites (tertiary alicyclic amines) is 1. The van der Waals surface area contributed by atoms with Gasteiger partial charge < -0.3 is 14.2 Å². The van der Waals surface area contributed by atoms with E-state index in [0.29, 0.717) is 24.8 Å². The van der Waals surface area contributed by atoms with Crippen LogP contribution in [-0.2, 0) is 23.0 Å². The number of ether oxygens (including phenoxy) is 1. The van der Waals surface area contributed by atoms with Crippen molar-refractivity contribution in [3.63, 3.8) is 0 Å². The van der Waals surface area contributed by atoms with Crippen LogP contribution in [-0.4, -0.2) is 71.5 Å². The van der Waals surface area contributed by atoms with Gasteiger partial charge in [0.25, 0.3) is 0 Å². The van der Waals surface area contributed by atoms with Gasteiger partial charge in [-0.2, -0.15) is 0 Å². The fraction of sp³-hybridized carbons (Fsp3) is 0.652. The summed E-state index contributed by atoms with van der Waals surface area (Å²) in [6.45, 7) is 5.11. The zero-order chi connectivity index (χ0) is 22.1. The Morgan fingerprint density at radius 2 is 1.90 bits per heavy atom. The second kappa shape index (κ2) is 12.5. The molecule has 8 heteroatoms. The highest BCUT2D eigenvalue weighted by atomic mass is 35.5. The second-order valence-corrected chi connectivity index (χ2v) is 8.86. The Hall–Kier alpha value is -1.50. The molecular weight excluding hydrogens is 435 g/mol. The van der Waals surface area contributed by atoms with Crippen LogP contribution in [0.3, 0.4) is 0 Å². The number of piperidine rings is 1. The first-order chi connectivity index (χ1) is 15.1. The fourth-order valence-electron chi connectivity index (χ4n) is 4.16. The molecule has 1 saturated heterocycles. The summed E-state index contributed by atoms with van der Waals surface area (Å²) in [6, 6.07) is 6.25.